The summed E-state index contributed by atoms with van der Waals surface area (Å²) in [6.45, 7) is 4.78. The fourth-order valence-corrected chi connectivity index (χ4v) is 13.3. The van der Waals surface area contributed by atoms with Gasteiger partial charge in [0.15, 0.2) is 0 Å². The second kappa shape index (κ2) is 14.0. The Morgan fingerprint density at radius 2 is 0.821 bits per heavy atom. The standard InChI is InChI=1S/C66H47N/c1-64(2)52-28-10-6-24-47(52)50-41-40-46(42-61(50)64)67(45-23-18-22-44(38-39-45)43-20-4-3-5-21-43)62-37-19-36-60-63(62)51-27-9-13-31-55(51)66(60)58-34-16-14-32-56(58)65(57-33-15-17-35-59(57)66)53-29-11-7-25-48(53)49-26-8-12-30-54(49)65/h3-17,19-42H,18H2,1-2H3. The summed E-state index contributed by atoms with van der Waals surface area (Å²) >= 11 is 0. The van der Waals surface area contributed by atoms with Crippen molar-refractivity contribution in [3.05, 3.63) is 304 Å². The van der Waals surface area contributed by atoms with Gasteiger partial charge in [-0.3, -0.25) is 0 Å². The average Bonchev–Trinajstić information content (AvgIpc) is 3.83. The van der Waals surface area contributed by atoms with E-state index < -0.39 is 10.8 Å². The third-order valence-electron chi connectivity index (χ3n) is 16.0. The van der Waals surface area contributed by atoms with Crippen LogP contribution in [0.1, 0.15) is 81.5 Å². The highest BCUT2D eigenvalue weighted by molar-refractivity contribution is 5.99. The number of hydrogen-bond donors (Lipinski definition) is 0. The second-order valence-corrected chi connectivity index (χ2v) is 19.4. The molecule has 0 aliphatic heterocycles. The Bertz CT molecular complexity index is 3560. The van der Waals surface area contributed by atoms with Gasteiger partial charge < -0.3 is 4.90 Å². The predicted molar refractivity (Wildman–Crippen MR) is 277 cm³/mol. The van der Waals surface area contributed by atoms with Crippen molar-refractivity contribution in [3.8, 4) is 33.4 Å². The van der Waals surface area contributed by atoms with E-state index in [1.807, 2.05) is 0 Å². The molecular formula is C66H47N. The van der Waals surface area contributed by atoms with E-state index in [2.05, 4.69) is 255 Å². The van der Waals surface area contributed by atoms with Crippen LogP contribution in [0.4, 0.5) is 11.4 Å². The van der Waals surface area contributed by atoms with Crippen molar-refractivity contribution >= 4 is 16.9 Å². The van der Waals surface area contributed by atoms with Crippen LogP contribution >= 0.6 is 0 Å². The monoisotopic (exact) mass is 853 g/mol. The van der Waals surface area contributed by atoms with Crippen LogP contribution in [0, 0.1) is 0 Å². The molecule has 0 atom stereocenters. The van der Waals surface area contributed by atoms with Gasteiger partial charge in [0.25, 0.3) is 0 Å². The Kier molecular flexibility index (Phi) is 8.00. The van der Waals surface area contributed by atoms with E-state index in [4.69, 9.17) is 0 Å². The molecule has 5 aliphatic carbocycles. The van der Waals surface area contributed by atoms with E-state index >= 15 is 0 Å². The van der Waals surface area contributed by atoms with Gasteiger partial charge in [-0.15, -0.1) is 0 Å². The minimum atomic E-state index is -0.588. The average molecular weight is 854 g/mol. The summed E-state index contributed by atoms with van der Waals surface area (Å²) in [5.74, 6) is 0. The van der Waals surface area contributed by atoms with Crippen LogP contribution in [0.2, 0.25) is 0 Å². The van der Waals surface area contributed by atoms with E-state index in [9.17, 15) is 0 Å². The Labute approximate surface area is 393 Å². The lowest BCUT2D eigenvalue weighted by atomic mass is 9.52. The summed E-state index contributed by atoms with van der Waals surface area (Å²) in [5.41, 5.74) is 26.1. The SMILES string of the molecule is CC1(C)c2ccccc2-c2ccc(N(C3=CCC=C(c4ccccc4)C=C3)c3cccc4c3-c3ccccc3C43c4ccccc4C4(c5ccccc5-c5ccccc54)c4ccccc43)cc21. The van der Waals surface area contributed by atoms with Gasteiger partial charge in [-0.05, 0) is 125 Å². The van der Waals surface area contributed by atoms with Crippen molar-refractivity contribution in [1.82, 2.24) is 0 Å². The van der Waals surface area contributed by atoms with Crippen molar-refractivity contribution in [2.24, 2.45) is 0 Å². The summed E-state index contributed by atoms with van der Waals surface area (Å²) < 4.78 is 0. The largest absolute Gasteiger partial charge is 0.310 e. The van der Waals surface area contributed by atoms with Gasteiger partial charge in [-0.25, -0.2) is 0 Å². The quantitative estimate of drug-likeness (QED) is 0.170. The van der Waals surface area contributed by atoms with E-state index in [0.29, 0.717) is 0 Å². The summed E-state index contributed by atoms with van der Waals surface area (Å²) in [4.78, 5) is 2.57. The number of anilines is 2. The fourth-order valence-electron chi connectivity index (χ4n) is 13.3. The lowest BCUT2D eigenvalue weighted by Crippen LogP contribution is -2.43. The number of hydrogen-bond acceptors (Lipinski definition) is 1. The molecule has 14 rings (SSSR count). The van der Waals surface area contributed by atoms with Gasteiger partial charge in [0.05, 0.1) is 16.5 Å². The molecule has 5 aliphatic rings. The van der Waals surface area contributed by atoms with Crippen molar-refractivity contribution in [3.63, 3.8) is 0 Å². The summed E-state index contributed by atoms with van der Waals surface area (Å²) in [7, 11) is 0. The van der Waals surface area contributed by atoms with Crippen LogP contribution in [0.25, 0.3) is 39.0 Å². The zero-order chi connectivity index (χ0) is 44.5. The lowest BCUT2D eigenvalue weighted by Gasteiger charge is -2.48. The number of benzene rings is 9. The van der Waals surface area contributed by atoms with Gasteiger partial charge in [0, 0.05) is 22.4 Å². The zero-order valence-electron chi connectivity index (χ0n) is 37.7. The van der Waals surface area contributed by atoms with Gasteiger partial charge in [-0.2, -0.15) is 0 Å². The summed E-state index contributed by atoms with van der Waals surface area (Å²) in [5, 5.41) is 0. The molecule has 316 valence electrons. The molecule has 0 aromatic heterocycles. The maximum absolute atomic E-state index is 2.57. The molecule has 0 N–H and O–H groups in total. The Morgan fingerprint density at radius 1 is 0.358 bits per heavy atom. The van der Waals surface area contributed by atoms with Crippen LogP contribution in [-0.4, -0.2) is 0 Å². The molecule has 0 heterocycles. The highest BCUT2D eigenvalue weighted by Crippen LogP contribution is 2.68. The Hall–Kier alpha value is -8.00. The highest BCUT2D eigenvalue weighted by Gasteiger charge is 2.59. The van der Waals surface area contributed by atoms with Crippen LogP contribution in [0.3, 0.4) is 0 Å². The van der Waals surface area contributed by atoms with Crippen molar-refractivity contribution in [2.45, 2.75) is 36.5 Å². The Balaban J connectivity index is 1.05. The first-order valence-electron chi connectivity index (χ1n) is 23.8. The van der Waals surface area contributed by atoms with E-state index in [-0.39, 0.29) is 5.41 Å². The number of fused-ring (bicyclic) bond motifs is 19. The molecule has 9 aromatic carbocycles. The van der Waals surface area contributed by atoms with Gasteiger partial charge in [0.2, 0.25) is 0 Å². The fraction of sp³-hybridized carbons (Fsp3) is 0.0909. The first-order chi connectivity index (χ1) is 33.0. The molecule has 0 amide bonds. The van der Waals surface area contributed by atoms with Crippen molar-refractivity contribution < 1.29 is 0 Å². The number of allylic oxidation sites excluding steroid dienone is 5. The summed E-state index contributed by atoms with van der Waals surface area (Å²) in [6.07, 6.45) is 10.3. The molecule has 0 unspecified atom stereocenters. The molecule has 0 fully saturated rings. The zero-order valence-corrected chi connectivity index (χ0v) is 37.7. The topological polar surface area (TPSA) is 3.24 Å². The second-order valence-electron chi connectivity index (χ2n) is 19.4. The molecule has 2 spiro atoms. The minimum Gasteiger partial charge on any atom is -0.310 e. The molecule has 0 saturated heterocycles. The first kappa shape index (κ1) is 38.3. The van der Waals surface area contributed by atoms with Gasteiger partial charge in [-0.1, -0.05) is 226 Å². The molecule has 0 radical (unpaired) electrons. The van der Waals surface area contributed by atoms with Crippen LogP contribution < -0.4 is 4.90 Å². The number of nitrogens with zero attached hydrogens (tertiary/aromatic N) is 1. The maximum Gasteiger partial charge on any atom is 0.0720 e. The lowest BCUT2D eigenvalue weighted by molar-refractivity contribution is 0.633. The van der Waals surface area contributed by atoms with Crippen LogP contribution in [0.15, 0.2) is 242 Å². The third-order valence-corrected chi connectivity index (χ3v) is 16.0. The van der Waals surface area contributed by atoms with Crippen molar-refractivity contribution in [2.75, 3.05) is 4.90 Å². The maximum atomic E-state index is 2.57. The van der Waals surface area contributed by atoms with E-state index in [1.165, 1.54) is 106 Å². The molecule has 9 aromatic rings. The van der Waals surface area contributed by atoms with Gasteiger partial charge in [0.1, 0.15) is 0 Å². The van der Waals surface area contributed by atoms with E-state index in [0.717, 1.165) is 17.8 Å². The molecule has 0 saturated carbocycles. The van der Waals surface area contributed by atoms with E-state index in [1.54, 1.807) is 0 Å². The molecule has 1 heteroatoms. The van der Waals surface area contributed by atoms with Gasteiger partial charge >= 0.3 is 0 Å². The van der Waals surface area contributed by atoms with Crippen LogP contribution in [0.5, 0.6) is 0 Å². The first-order valence-corrected chi connectivity index (χ1v) is 23.8. The molecule has 0 bridgehead atoms. The number of rotatable bonds is 4. The van der Waals surface area contributed by atoms with Crippen LogP contribution in [-0.2, 0) is 16.2 Å². The Morgan fingerprint density at radius 3 is 1.43 bits per heavy atom. The molecule has 1 nitrogen and oxygen atoms in total. The van der Waals surface area contributed by atoms with Crippen molar-refractivity contribution in [1.29, 1.82) is 0 Å². The summed E-state index contributed by atoms with van der Waals surface area (Å²) in [6, 6.07) is 80.6. The smallest absolute Gasteiger partial charge is 0.0720 e. The highest BCUT2D eigenvalue weighted by atomic mass is 15.2. The molecule has 67 heavy (non-hydrogen) atoms. The third kappa shape index (κ3) is 4.93. The minimum absolute atomic E-state index is 0.151. The molecular weight excluding hydrogens is 807 g/mol. The predicted octanol–water partition coefficient (Wildman–Crippen LogP) is 16.1. The normalized spacial score (nSPS) is 16.3.